The van der Waals surface area contributed by atoms with Crippen molar-refractivity contribution in [3.63, 3.8) is 0 Å². The third kappa shape index (κ3) is 3.88. The molecule has 0 saturated heterocycles. The molecule has 0 heterocycles. The van der Waals surface area contributed by atoms with E-state index in [2.05, 4.69) is 0 Å². The summed E-state index contributed by atoms with van der Waals surface area (Å²) in [6.07, 6.45) is 0.687. The van der Waals surface area contributed by atoms with Crippen molar-refractivity contribution in [2.45, 2.75) is 33.1 Å². The standard InChI is InChI=1S/C15H22O4/c1-5-12(15(16)17-4)11-8-9-13(18-6-2)14(10-11)19-7-3/h8-10,12H,5-7H2,1-4H3. The van der Waals surface area contributed by atoms with Crippen LogP contribution in [0.1, 0.15) is 38.7 Å². The first-order chi connectivity index (χ1) is 9.17. The number of methoxy groups -OCH3 is 1. The summed E-state index contributed by atoms with van der Waals surface area (Å²) >= 11 is 0. The van der Waals surface area contributed by atoms with Gasteiger partial charge in [0.2, 0.25) is 0 Å². The summed E-state index contributed by atoms with van der Waals surface area (Å²) in [4.78, 5) is 11.7. The molecule has 0 aliphatic heterocycles. The van der Waals surface area contributed by atoms with Gasteiger partial charge in [-0.3, -0.25) is 4.79 Å². The first-order valence-electron chi connectivity index (χ1n) is 6.65. The molecule has 0 amide bonds. The Morgan fingerprint density at radius 2 is 1.74 bits per heavy atom. The summed E-state index contributed by atoms with van der Waals surface area (Å²) in [5.41, 5.74) is 0.890. The van der Waals surface area contributed by atoms with Crippen LogP contribution < -0.4 is 9.47 Å². The lowest BCUT2D eigenvalue weighted by atomic mass is 9.96. The smallest absolute Gasteiger partial charge is 0.313 e. The highest BCUT2D eigenvalue weighted by Crippen LogP contribution is 2.32. The van der Waals surface area contributed by atoms with Gasteiger partial charge in [0.1, 0.15) is 0 Å². The molecular weight excluding hydrogens is 244 g/mol. The lowest BCUT2D eigenvalue weighted by molar-refractivity contribution is -0.142. The van der Waals surface area contributed by atoms with Crippen molar-refractivity contribution in [1.82, 2.24) is 0 Å². The minimum Gasteiger partial charge on any atom is -0.490 e. The van der Waals surface area contributed by atoms with E-state index in [1.54, 1.807) is 0 Å². The fraction of sp³-hybridized carbons (Fsp3) is 0.533. The molecule has 4 nitrogen and oxygen atoms in total. The predicted molar refractivity (Wildman–Crippen MR) is 73.8 cm³/mol. The molecule has 1 aromatic rings. The molecule has 0 bridgehead atoms. The van der Waals surface area contributed by atoms with Crippen LogP contribution in [0.15, 0.2) is 18.2 Å². The molecule has 106 valence electrons. The van der Waals surface area contributed by atoms with Crippen LogP contribution in [-0.4, -0.2) is 26.3 Å². The molecule has 0 aliphatic rings. The summed E-state index contributed by atoms with van der Waals surface area (Å²) in [6, 6.07) is 5.59. The van der Waals surface area contributed by atoms with Gasteiger partial charge in [0.25, 0.3) is 0 Å². The number of ether oxygens (including phenoxy) is 3. The number of carbonyl (C=O) groups excluding carboxylic acids is 1. The quantitative estimate of drug-likeness (QED) is 0.711. The van der Waals surface area contributed by atoms with Gasteiger partial charge in [0, 0.05) is 0 Å². The molecule has 1 rings (SSSR count). The Balaban J connectivity index is 3.08. The molecule has 1 atom stereocenters. The zero-order valence-electron chi connectivity index (χ0n) is 12.1. The van der Waals surface area contributed by atoms with Crippen molar-refractivity contribution in [2.24, 2.45) is 0 Å². The van der Waals surface area contributed by atoms with E-state index in [1.165, 1.54) is 7.11 Å². The van der Waals surface area contributed by atoms with Crippen LogP contribution in [0.4, 0.5) is 0 Å². The fourth-order valence-corrected chi connectivity index (χ4v) is 1.97. The maximum absolute atomic E-state index is 11.7. The highest BCUT2D eigenvalue weighted by Gasteiger charge is 2.21. The van der Waals surface area contributed by atoms with Gasteiger partial charge in [0.05, 0.1) is 26.2 Å². The second-order valence-corrected chi connectivity index (χ2v) is 4.06. The van der Waals surface area contributed by atoms with Gasteiger partial charge < -0.3 is 14.2 Å². The van der Waals surface area contributed by atoms with Crippen LogP contribution in [0.25, 0.3) is 0 Å². The molecule has 0 saturated carbocycles. The first kappa shape index (κ1) is 15.3. The minimum atomic E-state index is -0.264. The molecule has 0 aromatic heterocycles. The summed E-state index contributed by atoms with van der Waals surface area (Å²) in [5, 5.41) is 0. The van der Waals surface area contributed by atoms with Crippen LogP contribution in [0.2, 0.25) is 0 Å². The SMILES string of the molecule is CCOc1ccc(C(CC)C(=O)OC)cc1OCC. The number of rotatable bonds is 7. The van der Waals surface area contributed by atoms with Crippen LogP contribution in [0.5, 0.6) is 11.5 Å². The highest BCUT2D eigenvalue weighted by molar-refractivity contribution is 5.78. The zero-order valence-corrected chi connectivity index (χ0v) is 12.1. The lowest BCUT2D eigenvalue weighted by Gasteiger charge is -2.16. The number of benzene rings is 1. The Labute approximate surface area is 114 Å². The molecule has 4 heteroatoms. The van der Waals surface area contributed by atoms with Gasteiger partial charge in [-0.25, -0.2) is 0 Å². The van der Waals surface area contributed by atoms with E-state index < -0.39 is 0 Å². The van der Waals surface area contributed by atoms with Gasteiger partial charge in [-0.2, -0.15) is 0 Å². The van der Waals surface area contributed by atoms with Crippen LogP contribution in [0, 0.1) is 0 Å². The van der Waals surface area contributed by atoms with Crippen molar-refractivity contribution < 1.29 is 19.0 Å². The van der Waals surface area contributed by atoms with Crippen LogP contribution in [-0.2, 0) is 9.53 Å². The average Bonchev–Trinajstić information content (AvgIpc) is 2.42. The summed E-state index contributed by atoms with van der Waals surface area (Å²) in [7, 11) is 1.41. The van der Waals surface area contributed by atoms with Gasteiger partial charge in [-0.05, 0) is 38.0 Å². The van der Waals surface area contributed by atoms with E-state index in [9.17, 15) is 4.79 Å². The largest absolute Gasteiger partial charge is 0.490 e. The summed E-state index contributed by atoms with van der Waals surface area (Å²) < 4.78 is 15.9. The fourth-order valence-electron chi connectivity index (χ4n) is 1.97. The molecule has 1 aromatic carbocycles. The van der Waals surface area contributed by atoms with Crippen molar-refractivity contribution in [1.29, 1.82) is 0 Å². The monoisotopic (exact) mass is 266 g/mol. The highest BCUT2D eigenvalue weighted by atomic mass is 16.5. The number of carbonyl (C=O) groups is 1. The molecule has 1 unspecified atom stereocenters. The van der Waals surface area contributed by atoms with E-state index >= 15 is 0 Å². The topological polar surface area (TPSA) is 44.8 Å². The number of hydrogen-bond acceptors (Lipinski definition) is 4. The van der Waals surface area contributed by atoms with Gasteiger partial charge in [0.15, 0.2) is 11.5 Å². The van der Waals surface area contributed by atoms with Gasteiger partial charge >= 0.3 is 5.97 Å². The molecule has 0 fully saturated rings. The third-order valence-corrected chi connectivity index (χ3v) is 2.86. The van der Waals surface area contributed by atoms with E-state index in [0.717, 1.165) is 5.56 Å². The van der Waals surface area contributed by atoms with E-state index in [-0.39, 0.29) is 11.9 Å². The maximum Gasteiger partial charge on any atom is 0.313 e. The maximum atomic E-state index is 11.7. The molecule has 0 spiro atoms. The Bertz CT molecular complexity index is 415. The zero-order chi connectivity index (χ0) is 14.3. The van der Waals surface area contributed by atoms with E-state index in [0.29, 0.717) is 31.1 Å². The van der Waals surface area contributed by atoms with E-state index in [4.69, 9.17) is 14.2 Å². The molecule has 0 aliphatic carbocycles. The van der Waals surface area contributed by atoms with Crippen molar-refractivity contribution >= 4 is 5.97 Å². The second-order valence-electron chi connectivity index (χ2n) is 4.06. The molecule has 0 N–H and O–H groups in total. The molecular formula is C15H22O4. The van der Waals surface area contributed by atoms with Gasteiger partial charge in [-0.15, -0.1) is 0 Å². The van der Waals surface area contributed by atoms with Gasteiger partial charge in [-0.1, -0.05) is 13.0 Å². The van der Waals surface area contributed by atoms with Crippen molar-refractivity contribution in [3.05, 3.63) is 23.8 Å². The Morgan fingerprint density at radius 1 is 1.11 bits per heavy atom. The Morgan fingerprint density at radius 3 is 2.26 bits per heavy atom. The average molecular weight is 266 g/mol. The summed E-state index contributed by atoms with van der Waals surface area (Å²) in [6.45, 7) is 6.93. The first-order valence-corrected chi connectivity index (χ1v) is 6.65. The van der Waals surface area contributed by atoms with Crippen molar-refractivity contribution in [2.75, 3.05) is 20.3 Å². The Hall–Kier alpha value is -1.71. The van der Waals surface area contributed by atoms with Crippen LogP contribution in [0.3, 0.4) is 0 Å². The minimum absolute atomic E-state index is 0.228. The third-order valence-electron chi connectivity index (χ3n) is 2.86. The van der Waals surface area contributed by atoms with Crippen LogP contribution >= 0.6 is 0 Å². The normalized spacial score (nSPS) is 11.8. The van der Waals surface area contributed by atoms with Crippen molar-refractivity contribution in [3.8, 4) is 11.5 Å². The number of hydrogen-bond donors (Lipinski definition) is 0. The number of esters is 1. The Kier molecular flexibility index (Phi) is 6.19. The summed E-state index contributed by atoms with van der Waals surface area (Å²) in [5.74, 6) is 0.881. The predicted octanol–water partition coefficient (Wildman–Crippen LogP) is 3.15. The van der Waals surface area contributed by atoms with E-state index in [1.807, 2.05) is 39.0 Å². The molecule has 19 heavy (non-hydrogen) atoms. The lowest BCUT2D eigenvalue weighted by Crippen LogP contribution is -2.13. The second kappa shape index (κ2) is 7.67. The molecule has 0 radical (unpaired) electrons.